The summed E-state index contributed by atoms with van der Waals surface area (Å²) in [6.45, 7) is 6.65. The van der Waals surface area contributed by atoms with Gasteiger partial charge >= 0.3 is 5.69 Å². The van der Waals surface area contributed by atoms with Crippen molar-refractivity contribution in [2.45, 2.75) is 13.0 Å². The number of piperazine rings is 1. The summed E-state index contributed by atoms with van der Waals surface area (Å²) in [7, 11) is 0. The maximum atomic E-state index is 12.1. The minimum Gasteiger partial charge on any atom is -0.474 e. The van der Waals surface area contributed by atoms with Gasteiger partial charge in [-0.05, 0) is 19.1 Å². The third-order valence-corrected chi connectivity index (χ3v) is 3.96. The fourth-order valence-electron chi connectivity index (χ4n) is 2.39. The molecule has 2 rings (SSSR count). The van der Waals surface area contributed by atoms with Crippen molar-refractivity contribution >= 4 is 35.6 Å². The summed E-state index contributed by atoms with van der Waals surface area (Å²) in [5.41, 5.74) is -0.261. The lowest BCUT2D eigenvalue weighted by Gasteiger charge is -2.27. The Labute approximate surface area is 157 Å². The zero-order valence-electron chi connectivity index (χ0n) is 13.9. The number of halogens is 2. The number of ether oxygens (including phenoxy) is 1. The monoisotopic (exact) mass is 392 g/mol. The molecule has 1 aliphatic heterocycles. The van der Waals surface area contributed by atoms with Crippen molar-refractivity contribution in [3.8, 4) is 5.75 Å². The molecule has 2 N–H and O–H groups in total. The molecule has 0 bridgehead atoms. The Morgan fingerprint density at radius 2 is 2.16 bits per heavy atom. The average Bonchev–Trinajstić information content (AvgIpc) is 2.57. The molecule has 1 aromatic rings. The number of nitrogens with zero attached hydrogens (tertiary/aromatic N) is 2. The molecule has 1 amide bonds. The highest BCUT2D eigenvalue weighted by molar-refractivity contribution is 6.30. The van der Waals surface area contributed by atoms with E-state index in [2.05, 4.69) is 15.5 Å². The van der Waals surface area contributed by atoms with Gasteiger partial charge < -0.3 is 15.4 Å². The number of carbonyl (C=O) groups excluding carboxylic acids is 1. The van der Waals surface area contributed by atoms with Crippen molar-refractivity contribution in [3.05, 3.63) is 33.3 Å². The smallest absolute Gasteiger partial charge is 0.312 e. The molecule has 140 valence electrons. The predicted octanol–water partition coefficient (Wildman–Crippen LogP) is 1.46. The van der Waals surface area contributed by atoms with Gasteiger partial charge in [-0.3, -0.25) is 19.8 Å². The van der Waals surface area contributed by atoms with Gasteiger partial charge in [0, 0.05) is 50.4 Å². The summed E-state index contributed by atoms with van der Waals surface area (Å²) in [6, 6.07) is 4.08. The number of nitro groups is 1. The van der Waals surface area contributed by atoms with E-state index < -0.39 is 11.0 Å². The van der Waals surface area contributed by atoms with Crippen LogP contribution in [0.25, 0.3) is 0 Å². The molecule has 1 heterocycles. The summed E-state index contributed by atoms with van der Waals surface area (Å²) >= 11 is 5.75. The molecular formula is C15H22Cl2N4O4. The van der Waals surface area contributed by atoms with Gasteiger partial charge in [-0.1, -0.05) is 11.6 Å². The molecule has 0 saturated carbocycles. The number of amides is 1. The molecular weight excluding hydrogens is 371 g/mol. The molecule has 1 aliphatic rings. The van der Waals surface area contributed by atoms with Crippen LogP contribution in [0.15, 0.2) is 18.2 Å². The Kier molecular flexibility index (Phi) is 8.91. The van der Waals surface area contributed by atoms with Gasteiger partial charge in [-0.2, -0.15) is 0 Å². The van der Waals surface area contributed by atoms with Gasteiger partial charge in [0.05, 0.1) is 4.92 Å². The maximum Gasteiger partial charge on any atom is 0.312 e. The van der Waals surface area contributed by atoms with Crippen molar-refractivity contribution in [3.63, 3.8) is 0 Å². The van der Waals surface area contributed by atoms with Crippen molar-refractivity contribution in [2.75, 3.05) is 39.3 Å². The van der Waals surface area contributed by atoms with E-state index in [1.807, 2.05) is 0 Å². The van der Waals surface area contributed by atoms with Crippen LogP contribution in [0.4, 0.5) is 5.69 Å². The summed E-state index contributed by atoms with van der Waals surface area (Å²) in [6.07, 6.45) is -0.840. The van der Waals surface area contributed by atoms with Crippen LogP contribution in [0.2, 0.25) is 5.02 Å². The molecule has 0 aromatic heterocycles. The molecule has 25 heavy (non-hydrogen) atoms. The summed E-state index contributed by atoms with van der Waals surface area (Å²) in [5.74, 6) is -0.288. The Bertz CT molecular complexity index is 597. The van der Waals surface area contributed by atoms with Crippen molar-refractivity contribution in [1.29, 1.82) is 0 Å². The molecule has 0 aliphatic carbocycles. The van der Waals surface area contributed by atoms with Crippen LogP contribution in [-0.4, -0.2) is 61.1 Å². The highest BCUT2D eigenvalue weighted by atomic mass is 35.5. The van der Waals surface area contributed by atoms with Gasteiger partial charge in [0.2, 0.25) is 0 Å². The van der Waals surface area contributed by atoms with Gasteiger partial charge in [0.15, 0.2) is 11.9 Å². The number of hydrogen-bond donors (Lipinski definition) is 2. The first-order chi connectivity index (χ1) is 11.5. The van der Waals surface area contributed by atoms with Crippen LogP contribution in [0.3, 0.4) is 0 Å². The maximum absolute atomic E-state index is 12.1. The molecule has 10 heteroatoms. The van der Waals surface area contributed by atoms with Crippen molar-refractivity contribution < 1.29 is 14.5 Å². The first kappa shape index (κ1) is 21.4. The average molecular weight is 393 g/mol. The molecule has 1 atom stereocenters. The second kappa shape index (κ2) is 10.4. The largest absolute Gasteiger partial charge is 0.474 e. The molecule has 0 spiro atoms. The normalized spacial score (nSPS) is 15.8. The van der Waals surface area contributed by atoms with E-state index in [0.29, 0.717) is 6.54 Å². The first-order valence-corrected chi connectivity index (χ1v) is 8.16. The van der Waals surface area contributed by atoms with E-state index in [4.69, 9.17) is 16.3 Å². The van der Waals surface area contributed by atoms with Crippen LogP contribution >= 0.6 is 24.0 Å². The van der Waals surface area contributed by atoms with Crippen LogP contribution in [0.1, 0.15) is 6.92 Å². The fraction of sp³-hybridized carbons (Fsp3) is 0.533. The van der Waals surface area contributed by atoms with Crippen LogP contribution in [-0.2, 0) is 4.79 Å². The number of hydrogen-bond acceptors (Lipinski definition) is 6. The Morgan fingerprint density at radius 3 is 2.80 bits per heavy atom. The van der Waals surface area contributed by atoms with E-state index in [9.17, 15) is 14.9 Å². The number of carbonyl (C=O) groups is 1. The Balaban J connectivity index is 0.00000312. The third-order valence-electron chi connectivity index (χ3n) is 3.73. The van der Waals surface area contributed by atoms with Gasteiger partial charge in [0.1, 0.15) is 0 Å². The highest BCUT2D eigenvalue weighted by Crippen LogP contribution is 2.30. The summed E-state index contributed by atoms with van der Waals surface area (Å²) < 4.78 is 5.43. The number of benzene rings is 1. The lowest BCUT2D eigenvalue weighted by molar-refractivity contribution is -0.386. The second-order valence-electron chi connectivity index (χ2n) is 5.51. The van der Waals surface area contributed by atoms with E-state index in [1.165, 1.54) is 18.2 Å². The van der Waals surface area contributed by atoms with E-state index in [0.717, 1.165) is 32.7 Å². The molecule has 1 saturated heterocycles. The highest BCUT2D eigenvalue weighted by Gasteiger charge is 2.21. The van der Waals surface area contributed by atoms with E-state index in [1.54, 1.807) is 6.92 Å². The second-order valence-corrected chi connectivity index (χ2v) is 5.95. The topological polar surface area (TPSA) is 96.7 Å². The van der Waals surface area contributed by atoms with E-state index in [-0.39, 0.29) is 34.8 Å². The molecule has 1 fully saturated rings. The predicted molar refractivity (Wildman–Crippen MR) is 97.8 cm³/mol. The van der Waals surface area contributed by atoms with Gasteiger partial charge in [-0.25, -0.2) is 0 Å². The standard InChI is InChI=1S/C15H21ClN4O4.ClH/c1-11(15(21)18-6-9-19-7-4-17-5-8-19)24-14-3-2-12(16)10-13(14)20(22)23;/h2-3,10-11,17H,4-9H2,1H3,(H,18,21);1H. The summed E-state index contributed by atoms with van der Waals surface area (Å²) in [4.78, 5) is 24.8. The quantitative estimate of drug-likeness (QED) is 0.538. The lowest BCUT2D eigenvalue weighted by Crippen LogP contribution is -2.47. The van der Waals surface area contributed by atoms with Crippen molar-refractivity contribution in [2.24, 2.45) is 0 Å². The van der Waals surface area contributed by atoms with E-state index >= 15 is 0 Å². The van der Waals surface area contributed by atoms with Gasteiger partial charge in [0.25, 0.3) is 5.91 Å². The third kappa shape index (κ3) is 6.66. The molecule has 1 aromatic carbocycles. The SMILES string of the molecule is CC(Oc1ccc(Cl)cc1[N+](=O)[O-])C(=O)NCCN1CCNCC1.Cl. The first-order valence-electron chi connectivity index (χ1n) is 7.79. The van der Waals surface area contributed by atoms with Gasteiger partial charge in [-0.15, -0.1) is 12.4 Å². The Hall–Kier alpha value is -1.61. The number of nitrogens with one attached hydrogen (secondary N) is 2. The fourth-order valence-corrected chi connectivity index (χ4v) is 2.56. The minimum absolute atomic E-state index is 0. The number of rotatable bonds is 7. The molecule has 0 radical (unpaired) electrons. The van der Waals surface area contributed by atoms with Crippen LogP contribution in [0, 0.1) is 10.1 Å². The van der Waals surface area contributed by atoms with Crippen molar-refractivity contribution in [1.82, 2.24) is 15.5 Å². The molecule has 8 nitrogen and oxygen atoms in total. The zero-order valence-corrected chi connectivity index (χ0v) is 15.4. The lowest BCUT2D eigenvalue weighted by atomic mass is 10.3. The van der Waals surface area contributed by atoms with Crippen LogP contribution < -0.4 is 15.4 Å². The number of nitro benzene ring substituents is 1. The Morgan fingerprint density at radius 1 is 1.48 bits per heavy atom. The zero-order chi connectivity index (χ0) is 17.5. The minimum atomic E-state index is -0.840. The van der Waals surface area contributed by atoms with Crippen LogP contribution in [0.5, 0.6) is 5.75 Å². The summed E-state index contributed by atoms with van der Waals surface area (Å²) in [5, 5.41) is 17.3. The molecule has 1 unspecified atom stereocenters.